The van der Waals surface area contributed by atoms with Gasteiger partial charge in [0, 0.05) is 35.0 Å². The third-order valence-corrected chi connectivity index (χ3v) is 8.97. The summed E-state index contributed by atoms with van der Waals surface area (Å²) in [5, 5.41) is 13.0. The largest absolute Gasteiger partial charge is 0.439 e. The van der Waals surface area contributed by atoms with Gasteiger partial charge in [0.25, 0.3) is 5.91 Å². The van der Waals surface area contributed by atoms with Crippen molar-refractivity contribution in [1.29, 1.82) is 5.26 Å². The highest BCUT2D eigenvalue weighted by atomic mass is 127. The zero-order valence-corrected chi connectivity index (χ0v) is 25.3. The number of halogens is 2. The van der Waals surface area contributed by atoms with E-state index in [1.54, 1.807) is 24.3 Å². The van der Waals surface area contributed by atoms with Gasteiger partial charge in [0.15, 0.2) is 5.13 Å². The standard InChI is InChI=1S/C30H23FIN5O4S/c1-16(38)37(28(40)19-3-2-4-21(20(19)14-32)30(15-33)11-12-30)24-13-18(7-8-22(24)31)41-25-10-9-23-27(35-25)42-29(34-23)36-26(39)17-5-6-17/h2-4,7-10,13,17H,5-6,11-12,14H2,1H3,(H,34,36,39). The van der Waals surface area contributed by atoms with Crippen LogP contribution in [-0.4, -0.2) is 27.7 Å². The summed E-state index contributed by atoms with van der Waals surface area (Å²) in [6.07, 6.45) is 3.17. The molecule has 2 aromatic carbocycles. The predicted molar refractivity (Wildman–Crippen MR) is 163 cm³/mol. The first-order valence-electron chi connectivity index (χ1n) is 13.2. The molecule has 2 fully saturated rings. The van der Waals surface area contributed by atoms with Gasteiger partial charge in [-0.25, -0.2) is 19.3 Å². The average molecular weight is 696 g/mol. The molecule has 212 valence electrons. The highest BCUT2D eigenvalue weighted by Crippen LogP contribution is 2.49. The molecule has 42 heavy (non-hydrogen) atoms. The van der Waals surface area contributed by atoms with Gasteiger partial charge in [-0.3, -0.25) is 14.4 Å². The molecule has 1 N–H and O–H groups in total. The smallest absolute Gasteiger partial charge is 0.265 e. The lowest BCUT2D eigenvalue weighted by atomic mass is 9.90. The number of nitrogens with one attached hydrogen (secondary N) is 1. The van der Waals surface area contributed by atoms with E-state index in [-0.39, 0.29) is 34.7 Å². The van der Waals surface area contributed by atoms with Crippen molar-refractivity contribution in [2.24, 2.45) is 5.92 Å². The van der Waals surface area contributed by atoms with E-state index in [1.807, 2.05) is 6.07 Å². The molecule has 2 aromatic heterocycles. The van der Waals surface area contributed by atoms with Crippen molar-refractivity contribution >= 4 is 72.8 Å². The minimum atomic E-state index is -0.782. The minimum Gasteiger partial charge on any atom is -0.439 e. The molecule has 0 aliphatic heterocycles. The number of rotatable bonds is 8. The Balaban J connectivity index is 1.29. The zero-order chi connectivity index (χ0) is 29.6. The van der Waals surface area contributed by atoms with Crippen LogP contribution in [0.3, 0.4) is 0 Å². The highest BCUT2D eigenvalue weighted by molar-refractivity contribution is 14.1. The monoisotopic (exact) mass is 695 g/mol. The maximum atomic E-state index is 15.2. The van der Waals surface area contributed by atoms with Gasteiger partial charge in [-0.1, -0.05) is 46.1 Å². The number of carbonyl (C=O) groups excluding carboxylic acids is 3. The molecule has 6 rings (SSSR count). The Morgan fingerprint density at radius 2 is 1.98 bits per heavy atom. The number of carbonyl (C=O) groups is 3. The second-order valence-electron chi connectivity index (χ2n) is 10.3. The van der Waals surface area contributed by atoms with Crippen molar-refractivity contribution in [2.75, 3.05) is 10.2 Å². The van der Waals surface area contributed by atoms with Crippen LogP contribution in [-0.2, 0) is 19.4 Å². The number of pyridine rings is 1. The molecule has 0 spiro atoms. The Labute approximate surface area is 257 Å². The number of thiazole rings is 1. The van der Waals surface area contributed by atoms with Crippen molar-refractivity contribution in [3.63, 3.8) is 0 Å². The molecular formula is C30H23FIN5O4S. The number of alkyl halides is 1. The van der Waals surface area contributed by atoms with E-state index in [0.29, 0.717) is 38.3 Å². The maximum absolute atomic E-state index is 15.2. The number of hydrogen-bond donors (Lipinski definition) is 1. The maximum Gasteiger partial charge on any atom is 0.265 e. The summed E-state index contributed by atoms with van der Waals surface area (Å²) < 4.78 is 21.5. The summed E-state index contributed by atoms with van der Waals surface area (Å²) >= 11 is 3.34. The summed E-state index contributed by atoms with van der Waals surface area (Å²) in [4.78, 5) is 48.9. The van der Waals surface area contributed by atoms with Crippen LogP contribution in [0.1, 0.15) is 54.1 Å². The SMILES string of the molecule is CC(=O)N(C(=O)c1cccc(C2(C#N)CC2)c1CI)c1cc(Oc2ccc3nc(NC(=O)C4CC4)sc3n2)ccc1F. The Kier molecular flexibility index (Phi) is 7.40. The van der Waals surface area contributed by atoms with E-state index in [9.17, 15) is 19.6 Å². The second-order valence-corrected chi connectivity index (χ2v) is 12.0. The van der Waals surface area contributed by atoms with Crippen LogP contribution in [0.2, 0.25) is 0 Å². The number of aromatic nitrogens is 2. The fourth-order valence-electron chi connectivity index (χ4n) is 4.80. The van der Waals surface area contributed by atoms with Gasteiger partial charge in [0.2, 0.25) is 17.7 Å². The first-order chi connectivity index (χ1) is 20.2. The topological polar surface area (TPSA) is 125 Å². The third kappa shape index (κ3) is 5.34. The lowest BCUT2D eigenvalue weighted by Crippen LogP contribution is -2.36. The van der Waals surface area contributed by atoms with Crippen LogP contribution in [0.5, 0.6) is 11.6 Å². The normalized spacial score (nSPS) is 15.1. The van der Waals surface area contributed by atoms with Gasteiger partial charge in [0.1, 0.15) is 21.9 Å². The zero-order valence-electron chi connectivity index (χ0n) is 22.3. The first kappa shape index (κ1) is 28.2. The lowest BCUT2D eigenvalue weighted by Gasteiger charge is -2.23. The number of fused-ring (bicyclic) bond motifs is 1. The van der Waals surface area contributed by atoms with E-state index < -0.39 is 23.0 Å². The van der Waals surface area contributed by atoms with Crippen molar-refractivity contribution in [1.82, 2.24) is 9.97 Å². The Morgan fingerprint density at radius 1 is 1.19 bits per heavy atom. The van der Waals surface area contributed by atoms with E-state index >= 15 is 4.39 Å². The fraction of sp³-hybridized carbons (Fsp3) is 0.267. The van der Waals surface area contributed by atoms with Gasteiger partial charge < -0.3 is 10.1 Å². The van der Waals surface area contributed by atoms with E-state index in [0.717, 1.165) is 29.4 Å². The van der Waals surface area contributed by atoms with Gasteiger partial charge in [0.05, 0.1) is 17.2 Å². The highest BCUT2D eigenvalue weighted by Gasteiger charge is 2.46. The van der Waals surface area contributed by atoms with Crippen LogP contribution < -0.4 is 15.0 Å². The summed E-state index contributed by atoms with van der Waals surface area (Å²) in [5.41, 5.74) is 1.37. The van der Waals surface area contributed by atoms with Crippen molar-refractivity contribution in [3.8, 4) is 17.7 Å². The van der Waals surface area contributed by atoms with E-state index in [1.165, 1.54) is 30.4 Å². The quantitative estimate of drug-likeness (QED) is 0.162. The second kappa shape index (κ2) is 11.0. The molecule has 12 heteroatoms. The van der Waals surface area contributed by atoms with Crippen molar-refractivity contribution in [2.45, 2.75) is 42.4 Å². The van der Waals surface area contributed by atoms with Gasteiger partial charge in [-0.15, -0.1) is 0 Å². The van der Waals surface area contributed by atoms with E-state index in [4.69, 9.17) is 4.74 Å². The first-order valence-corrected chi connectivity index (χ1v) is 15.6. The molecule has 4 aromatic rings. The molecule has 2 saturated carbocycles. The molecule has 2 aliphatic carbocycles. The summed E-state index contributed by atoms with van der Waals surface area (Å²) in [6, 6.07) is 14.5. The molecule has 0 radical (unpaired) electrons. The number of benzene rings is 2. The molecule has 9 nitrogen and oxygen atoms in total. The fourth-order valence-corrected chi connectivity index (χ4v) is 6.45. The van der Waals surface area contributed by atoms with Crippen LogP contribution in [0.15, 0.2) is 48.5 Å². The molecule has 0 saturated heterocycles. The Bertz CT molecular complexity index is 1810. The summed E-state index contributed by atoms with van der Waals surface area (Å²) in [6.45, 7) is 1.19. The number of ether oxygens (including phenoxy) is 1. The molecule has 0 bridgehead atoms. The Hall–Kier alpha value is -3.96. The van der Waals surface area contributed by atoms with Crippen LogP contribution >= 0.6 is 33.9 Å². The molecule has 0 atom stereocenters. The lowest BCUT2D eigenvalue weighted by molar-refractivity contribution is -0.117. The van der Waals surface area contributed by atoms with Crippen LogP contribution in [0.4, 0.5) is 15.2 Å². The number of anilines is 2. The Morgan fingerprint density at radius 3 is 2.64 bits per heavy atom. The number of nitriles is 1. The average Bonchev–Trinajstić information content (AvgIpc) is 3.91. The number of hydrogen-bond acceptors (Lipinski definition) is 8. The number of amides is 3. The van der Waals surface area contributed by atoms with Crippen LogP contribution in [0, 0.1) is 23.1 Å². The predicted octanol–water partition coefficient (Wildman–Crippen LogP) is 6.65. The third-order valence-electron chi connectivity index (χ3n) is 7.33. The molecular weight excluding hydrogens is 672 g/mol. The number of imide groups is 1. The van der Waals surface area contributed by atoms with Gasteiger partial charge in [-0.2, -0.15) is 5.26 Å². The van der Waals surface area contributed by atoms with Crippen molar-refractivity contribution in [3.05, 3.63) is 71.0 Å². The van der Waals surface area contributed by atoms with Crippen LogP contribution in [0.25, 0.3) is 10.3 Å². The number of nitrogens with zero attached hydrogens (tertiary/aromatic N) is 4. The molecule has 2 heterocycles. The van der Waals surface area contributed by atoms with E-state index in [2.05, 4.69) is 43.9 Å². The molecule has 2 aliphatic rings. The minimum absolute atomic E-state index is 0.0440. The summed E-state index contributed by atoms with van der Waals surface area (Å²) in [7, 11) is 0. The van der Waals surface area contributed by atoms with Gasteiger partial charge >= 0.3 is 0 Å². The molecule has 3 amide bonds. The molecule has 0 unspecified atom stereocenters. The van der Waals surface area contributed by atoms with Gasteiger partial charge in [-0.05, 0) is 61.1 Å². The van der Waals surface area contributed by atoms with Crippen molar-refractivity contribution < 1.29 is 23.5 Å². The summed E-state index contributed by atoms with van der Waals surface area (Å²) in [5.74, 6) is -1.80.